The molecule has 3 N–H and O–H groups in total. The molecule has 1 rings (SSSR count). The maximum Gasteiger partial charge on any atom is 0.252 e. The molecule has 0 aliphatic carbocycles. The summed E-state index contributed by atoms with van der Waals surface area (Å²) in [6.07, 6.45) is 1.02. The molecule has 0 atom stereocenters. The predicted molar refractivity (Wildman–Crippen MR) is 75.0 cm³/mol. The molecule has 0 saturated heterocycles. The second-order valence-electron chi connectivity index (χ2n) is 4.91. The monoisotopic (exact) mass is 298 g/mol. The molecule has 0 aliphatic heterocycles. The molecule has 17 heavy (non-hydrogen) atoms. The third-order valence-electron chi connectivity index (χ3n) is 2.96. The standard InChI is InChI=1S/C13H19BrN2O/c1-4-13(2,3)8-16-12(17)9-6-5-7-10(15)11(9)14/h5-7H,4,8,15H2,1-3H3,(H,16,17). The molecule has 1 amide bonds. The molecule has 0 bridgehead atoms. The first-order valence-corrected chi connectivity index (χ1v) is 6.49. The van der Waals surface area contributed by atoms with E-state index in [1.54, 1.807) is 18.2 Å². The predicted octanol–water partition coefficient (Wildman–Crippen LogP) is 3.20. The topological polar surface area (TPSA) is 55.1 Å². The number of rotatable bonds is 4. The molecule has 0 radical (unpaired) electrons. The smallest absolute Gasteiger partial charge is 0.252 e. The van der Waals surface area contributed by atoms with Crippen molar-refractivity contribution in [2.75, 3.05) is 12.3 Å². The van der Waals surface area contributed by atoms with E-state index in [0.29, 0.717) is 22.3 Å². The minimum absolute atomic E-state index is 0.0919. The van der Waals surface area contributed by atoms with Gasteiger partial charge in [0.05, 0.1) is 10.0 Å². The van der Waals surface area contributed by atoms with Crippen LogP contribution in [0.15, 0.2) is 22.7 Å². The van der Waals surface area contributed by atoms with Gasteiger partial charge in [-0.3, -0.25) is 4.79 Å². The van der Waals surface area contributed by atoms with Crippen LogP contribution in [-0.4, -0.2) is 12.5 Å². The first-order valence-electron chi connectivity index (χ1n) is 5.69. The molecule has 0 fully saturated rings. The number of hydrogen-bond donors (Lipinski definition) is 2. The Morgan fingerprint density at radius 2 is 2.12 bits per heavy atom. The zero-order valence-electron chi connectivity index (χ0n) is 10.5. The van der Waals surface area contributed by atoms with E-state index in [1.807, 2.05) is 0 Å². The highest BCUT2D eigenvalue weighted by atomic mass is 79.9. The fraction of sp³-hybridized carbons (Fsp3) is 0.462. The maximum absolute atomic E-state index is 12.0. The van der Waals surface area contributed by atoms with Gasteiger partial charge in [0.1, 0.15) is 0 Å². The van der Waals surface area contributed by atoms with Crippen LogP contribution >= 0.6 is 15.9 Å². The lowest BCUT2D eigenvalue weighted by Gasteiger charge is -2.23. The second kappa shape index (κ2) is 5.54. The highest BCUT2D eigenvalue weighted by Gasteiger charge is 2.18. The minimum Gasteiger partial charge on any atom is -0.398 e. The van der Waals surface area contributed by atoms with Crippen LogP contribution in [0.2, 0.25) is 0 Å². The molecule has 1 aromatic rings. The molecule has 0 heterocycles. The molecular weight excluding hydrogens is 280 g/mol. The number of benzene rings is 1. The Kier molecular flexibility index (Phi) is 4.57. The number of nitrogen functional groups attached to an aromatic ring is 1. The number of nitrogens with one attached hydrogen (secondary N) is 1. The third kappa shape index (κ3) is 3.73. The van der Waals surface area contributed by atoms with Crippen molar-refractivity contribution in [2.24, 2.45) is 5.41 Å². The zero-order chi connectivity index (χ0) is 13.1. The van der Waals surface area contributed by atoms with Gasteiger partial charge >= 0.3 is 0 Å². The highest BCUT2D eigenvalue weighted by molar-refractivity contribution is 9.10. The van der Waals surface area contributed by atoms with Crippen molar-refractivity contribution >= 4 is 27.5 Å². The number of carbonyl (C=O) groups excluding carboxylic acids is 1. The van der Waals surface area contributed by atoms with Gasteiger partial charge in [-0.15, -0.1) is 0 Å². The average molecular weight is 299 g/mol. The molecule has 0 aliphatic rings. The SMILES string of the molecule is CCC(C)(C)CNC(=O)c1cccc(N)c1Br. The fourth-order valence-electron chi connectivity index (χ4n) is 1.26. The Hall–Kier alpha value is -1.03. The average Bonchev–Trinajstić information content (AvgIpc) is 2.30. The fourth-order valence-corrected chi connectivity index (χ4v) is 1.71. The van der Waals surface area contributed by atoms with Gasteiger partial charge in [-0.25, -0.2) is 0 Å². The van der Waals surface area contributed by atoms with E-state index in [2.05, 4.69) is 42.0 Å². The van der Waals surface area contributed by atoms with Crippen molar-refractivity contribution in [2.45, 2.75) is 27.2 Å². The van der Waals surface area contributed by atoms with Crippen LogP contribution in [0.4, 0.5) is 5.69 Å². The van der Waals surface area contributed by atoms with E-state index >= 15 is 0 Å². The van der Waals surface area contributed by atoms with Crippen molar-refractivity contribution in [1.82, 2.24) is 5.32 Å². The number of halogens is 1. The van der Waals surface area contributed by atoms with E-state index in [0.717, 1.165) is 6.42 Å². The lowest BCUT2D eigenvalue weighted by Crippen LogP contribution is -2.33. The largest absolute Gasteiger partial charge is 0.398 e. The third-order valence-corrected chi connectivity index (χ3v) is 3.84. The van der Waals surface area contributed by atoms with Crippen LogP contribution in [0.25, 0.3) is 0 Å². The summed E-state index contributed by atoms with van der Waals surface area (Å²) in [6, 6.07) is 5.30. The molecule has 3 nitrogen and oxygen atoms in total. The normalized spacial score (nSPS) is 11.3. The van der Waals surface area contributed by atoms with Gasteiger partial charge in [-0.05, 0) is 39.9 Å². The van der Waals surface area contributed by atoms with E-state index in [1.165, 1.54) is 0 Å². The molecule has 1 aromatic carbocycles. The van der Waals surface area contributed by atoms with Crippen molar-refractivity contribution in [1.29, 1.82) is 0 Å². The molecule has 0 aromatic heterocycles. The van der Waals surface area contributed by atoms with Crippen molar-refractivity contribution in [3.63, 3.8) is 0 Å². The molecular formula is C13H19BrN2O. The van der Waals surface area contributed by atoms with E-state index in [-0.39, 0.29) is 11.3 Å². The Morgan fingerprint density at radius 3 is 2.71 bits per heavy atom. The van der Waals surface area contributed by atoms with Gasteiger partial charge in [0, 0.05) is 12.2 Å². The Bertz CT molecular complexity index is 416. The van der Waals surface area contributed by atoms with Crippen LogP contribution in [-0.2, 0) is 0 Å². The summed E-state index contributed by atoms with van der Waals surface area (Å²) < 4.78 is 0.659. The summed E-state index contributed by atoms with van der Waals surface area (Å²) in [5.41, 5.74) is 7.01. The number of hydrogen-bond acceptors (Lipinski definition) is 2. The lowest BCUT2D eigenvalue weighted by molar-refractivity contribution is 0.0935. The van der Waals surface area contributed by atoms with Gasteiger partial charge in [0.25, 0.3) is 5.91 Å². The van der Waals surface area contributed by atoms with Gasteiger partial charge in [-0.2, -0.15) is 0 Å². The molecule has 0 saturated carbocycles. The second-order valence-corrected chi connectivity index (χ2v) is 5.70. The highest BCUT2D eigenvalue weighted by Crippen LogP contribution is 2.24. The van der Waals surface area contributed by atoms with Crippen molar-refractivity contribution < 1.29 is 4.79 Å². The molecule has 0 unspecified atom stereocenters. The van der Waals surface area contributed by atoms with E-state index < -0.39 is 0 Å². The first kappa shape index (κ1) is 14.0. The summed E-state index contributed by atoms with van der Waals surface area (Å²) >= 11 is 3.33. The summed E-state index contributed by atoms with van der Waals surface area (Å²) in [7, 11) is 0. The maximum atomic E-state index is 12.0. The number of carbonyl (C=O) groups is 1. The van der Waals surface area contributed by atoms with E-state index in [9.17, 15) is 4.79 Å². The van der Waals surface area contributed by atoms with E-state index in [4.69, 9.17) is 5.73 Å². The zero-order valence-corrected chi connectivity index (χ0v) is 12.1. The van der Waals surface area contributed by atoms with Crippen LogP contribution in [0.1, 0.15) is 37.6 Å². The van der Waals surface area contributed by atoms with Crippen molar-refractivity contribution in [3.05, 3.63) is 28.2 Å². The Morgan fingerprint density at radius 1 is 1.47 bits per heavy atom. The van der Waals surface area contributed by atoms with Gasteiger partial charge in [-0.1, -0.05) is 26.8 Å². The molecule has 94 valence electrons. The molecule has 4 heteroatoms. The quantitative estimate of drug-likeness (QED) is 0.839. The van der Waals surface area contributed by atoms with Crippen LogP contribution in [0.5, 0.6) is 0 Å². The van der Waals surface area contributed by atoms with Crippen LogP contribution in [0.3, 0.4) is 0 Å². The van der Waals surface area contributed by atoms with Crippen LogP contribution < -0.4 is 11.1 Å². The number of anilines is 1. The lowest BCUT2D eigenvalue weighted by atomic mass is 9.90. The minimum atomic E-state index is -0.0919. The Balaban J connectivity index is 2.74. The van der Waals surface area contributed by atoms with Crippen molar-refractivity contribution in [3.8, 4) is 0 Å². The molecule has 0 spiro atoms. The number of nitrogens with two attached hydrogens (primary N) is 1. The summed E-state index contributed by atoms with van der Waals surface area (Å²) in [6.45, 7) is 7.02. The van der Waals surface area contributed by atoms with Crippen LogP contribution in [0, 0.1) is 5.41 Å². The number of amides is 1. The first-order chi connectivity index (χ1) is 7.87. The van der Waals surface area contributed by atoms with Gasteiger partial charge in [0.2, 0.25) is 0 Å². The summed E-state index contributed by atoms with van der Waals surface area (Å²) in [5.74, 6) is -0.0919. The summed E-state index contributed by atoms with van der Waals surface area (Å²) in [4.78, 5) is 12.0. The Labute approximate surface area is 111 Å². The van der Waals surface area contributed by atoms with Gasteiger partial charge in [0.15, 0.2) is 0 Å². The summed E-state index contributed by atoms with van der Waals surface area (Å²) in [5, 5.41) is 2.93. The van der Waals surface area contributed by atoms with Gasteiger partial charge < -0.3 is 11.1 Å².